The van der Waals surface area contributed by atoms with E-state index in [0.29, 0.717) is 6.42 Å². The van der Waals surface area contributed by atoms with Gasteiger partial charge in [-0.05, 0) is 33.4 Å². The Labute approximate surface area is 85.5 Å². The molecule has 0 rings (SSSR count). The maximum atomic E-state index is 11.3. The number of nitrogens with zero attached hydrogens (tertiary/aromatic N) is 1. The van der Waals surface area contributed by atoms with Gasteiger partial charge in [-0.15, -0.1) is 0 Å². The number of ketones is 1. The average Bonchev–Trinajstić information content (AvgIpc) is 1.98. The molecule has 1 atom stereocenters. The van der Waals surface area contributed by atoms with Gasteiger partial charge < -0.3 is 10.2 Å². The highest BCUT2D eigenvalue weighted by atomic mass is 16.5. The molecule has 0 aromatic carbocycles. The van der Waals surface area contributed by atoms with Gasteiger partial charge in [-0.3, -0.25) is 9.69 Å². The fourth-order valence-electron chi connectivity index (χ4n) is 1.38. The van der Waals surface area contributed by atoms with Crippen LogP contribution in [0.1, 0.15) is 27.2 Å². The van der Waals surface area contributed by atoms with Crippen molar-refractivity contribution in [1.29, 1.82) is 0 Å². The molecule has 0 saturated heterocycles. The maximum Gasteiger partial charge on any atom is 0.234 e. The monoisotopic (exact) mass is 203 g/mol. The van der Waals surface area contributed by atoms with Gasteiger partial charge in [-0.2, -0.15) is 0 Å². The third-order valence-electron chi connectivity index (χ3n) is 2.32. The van der Waals surface area contributed by atoms with E-state index >= 15 is 0 Å². The second-order valence-electron chi connectivity index (χ2n) is 4.37. The molecule has 0 aromatic rings. The van der Waals surface area contributed by atoms with Gasteiger partial charge in [0, 0.05) is 0 Å². The van der Waals surface area contributed by atoms with E-state index in [-0.39, 0.29) is 11.7 Å². The Balaban J connectivity index is 4.73. The number of hydrogen-bond acceptors (Lipinski definition) is 4. The molecule has 0 saturated carbocycles. The van der Waals surface area contributed by atoms with Crippen LogP contribution >= 0.6 is 0 Å². The number of carbonyl (C=O) groups excluding carboxylic acids is 1. The molecule has 0 aliphatic carbocycles. The lowest BCUT2D eigenvalue weighted by Gasteiger charge is -2.35. The van der Waals surface area contributed by atoms with Crippen molar-refractivity contribution in [3.05, 3.63) is 0 Å². The molecule has 0 heterocycles. The van der Waals surface area contributed by atoms with Crippen LogP contribution in [0.5, 0.6) is 0 Å². The highest BCUT2D eigenvalue weighted by Crippen LogP contribution is 2.24. The van der Waals surface area contributed by atoms with Crippen molar-refractivity contribution >= 4 is 5.78 Å². The zero-order valence-electron chi connectivity index (χ0n) is 9.61. The molecule has 0 bridgehead atoms. The fraction of sp³-hybridized carbons (Fsp3) is 0.900. The first kappa shape index (κ1) is 13.5. The first-order valence-corrected chi connectivity index (χ1v) is 4.82. The second kappa shape index (κ2) is 4.87. The zero-order chi connectivity index (χ0) is 11.5. The predicted octanol–water partition coefficient (Wildman–Crippen LogP) is 0.438. The van der Waals surface area contributed by atoms with Gasteiger partial charge in [0.25, 0.3) is 0 Å². The summed E-state index contributed by atoms with van der Waals surface area (Å²) in [4.78, 5) is 12.5. The van der Waals surface area contributed by atoms with Gasteiger partial charge >= 0.3 is 0 Å². The predicted molar refractivity (Wildman–Crippen MR) is 54.5 cm³/mol. The van der Waals surface area contributed by atoms with Crippen LogP contribution in [-0.4, -0.2) is 40.9 Å². The zero-order valence-corrected chi connectivity index (χ0v) is 9.61. The van der Waals surface area contributed by atoms with E-state index in [2.05, 4.69) is 0 Å². The van der Waals surface area contributed by atoms with Crippen LogP contribution < -0.4 is 0 Å². The van der Waals surface area contributed by atoms with Crippen LogP contribution in [0, 0.1) is 11.8 Å². The molecular formula is C10H21NO3. The number of Topliss-reactive ketones (excluding diaryl/α,β-unsaturated/α-hetero) is 1. The summed E-state index contributed by atoms with van der Waals surface area (Å²) in [5.41, 5.74) is 0. The first-order valence-electron chi connectivity index (χ1n) is 4.82. The van der Waals surface area contributed by atoms with Gasteiger partial charge in [-0.25, -0.2) is 0 Å². The quantitative estimate of drug-likeness (QED) is 0.636. The smallest absolute Gasteiger partial charge is 0.234 e. The van der Waals surface area contributed by atoms with E-state index in [0.717, 1.165) is 0 Å². The Bertz CT molecular complexity index is 200. The molecule has 4 nitrogen and oxygen atoms in total. The second-order valence-corrected chi connectivity index (χ2v) is 4.37. The highest BCUT2D eigenvalue weighted by Gasteiger charge is 2.40. The van der Waals surface area contributed by atoms with Crippen molar-refractivity contribution in [3.8, 4) is 0 Å². The van der Waals surface area contributed by atoms with E-state index in [1.165, 1.54) is 25.9 Å². The van der Waals surface area contributed by atoms with Crippen molar-refractivity contribution in [2.45, 2.75) is 33.1 Å². The van der Waals surface area contributed by atoms with E-state index < -0.39 is 11.8 Å². The Morgan fingerprint density at radius 1 is 1.36 bits per heavy atom. The lowest BCUT2D eigenvalue weighted by molar-refractivity contribution is -0.278. The molecule has 4 heteroatoms. The molecule has 1 unspecified atom stereocenters. The van der Waals surface area contributed by atoms with Gasteiger partial charge in [0.15, 0.2) is 0 Å². The van der Waals surface area contributed by atoms with Crippen molar-refractivity contribution in [3.63, 3.8) is 0 Å². The normalized spacial score (nSPS) is 14.9. The van der Waals surface area contributed by atoms with Crippen LogP contribution in [0.3, 0.4) is 0 Å². The topological polar surface area (TPSA) is 60.8 Å². The summed E-state index contributed by atoms with van der Waals surface area (Å²) >= 11 is 0. The summed E-state index contributed by atoms with van der Waals surface area (Å²) in [7, 11) is 3.08. The maximum absolute atomic E-state index is 11.3. The van der Waals surface area contributed by atoms with Gasteiger partial charge in [-0.1, -0.05) is 13.8 Å². The van der Waals surface area contributed by atoms with Crippen molar-refractivity contribution in [1.82, 2.24) is 4.90 Å². The van der Waals surface area contributed by atoms with E-state index in [1.807, 2.05) is 13.8 Å². The summed E-state index contributed by atoms with van der Waals surface area (Å²) in [6.45, 7) is 5.28. The van der Waals surface area contributed by atoms with E-state index in [1.54, 1.807) is 0 Å². The number of rotatable bonds is 5. The Morgan fingerprint density at radius 2 is 1.79 bits per heavy atom. The van der Waals surface area contributed by atoms with E-state index in [4.69, 9.17) is 0 Å². The Morgan fingerprint density at radius 3 is 2.00 bits per heavy atom. The highest BCUT2D eigenvalue weighted by molar-refractivity contribution is 5.79. The summed E-state index contributed by atoms with van der Waals surface area (Å²) in [6, 6.07) is 0. The standard InChI is InChI=1S/C10H21NO3/c1-7(2)6-9(8(3)12)10(13,14)11(4)5/h7,9,13-14H,6H2,1-5H3. The number of hydrogen-bond donors (Lipinski definition) is 2. The van der Waals surface area contributed by atoms with Gasteiger partial charge in [0.05, 0.1) is 5.92 Å². The molecule has 0 aromatic heterocycles. The molecule has 14 heavy (non-hydrogen) atoms. The SMILES string of the molecule is CC(=O)C(CC(C)C)C(O)(O)N(C)C. The summed E-state index contributed by atoms with van der Waals surface area (Å²) in [5, 5.41) is 19.5. The van der Waals surface area contributed by atoms with Crippen molar-refractivity contribution < 1.29 is 15.0 Å². The third-order valence-corrected chi connectivity index (χ3v) is 2.32. The molecule has 0 radical (unpaired) electrons. The minimum atomic E-state index is -2.05. The van der Waals surface area contributed by atoms with Crippen molar-refractivity contribution in [2.75, 3.05) is 14.1 Å². The number of carbonyl (C=O) groups is 1. The fourth-order valence-corrected chi connectivity index (χ4v) is 1.38. The van der Waals surface area contributed by atoms with Crippen molar-refractivity contribution in [2.24, 2.45) is 11.8 Å². The first-order chi connectivity index (χ1) is 6.19. The minimum Gasteiger partial charge on any atom is -0.353 e. The van der Waals surface area contributed by atoms with E-state index in [9.17, 15) is 15.0 Å². The Kier molecular flexibility index (Phi) is 4.71. The van der Waals surface area contributed by atoms with Gasteiger partial charge in [0.2, 0.25) is 5.91 Å². The third kappa shape index (κ3) is 3.36. The minimum absolute atomic E-state index is 0.197. The van der Waals surface area contributed by atoms with Gasteiger partial charge in [0.1, 0.15) is 5.78 Å². The molecule has 0 fully saturated rings. The summed E-state index contributed by atoms with van der Waals surface area (Å²) in [5.74, 6) is -2.74. The van der Waals surface area contributed by atoms with Crippen LogP contribution in [0.15, 0.2) is 0 Å². The lowest BCUT2D eigenvalue weighted by Crippen LogP contribution is -2.53. The Hall–Kier alpha value is -0.450. The molecular weight excluding hydrogens is 182 g/mol. The number of aliphatic hydroxyl groups is 2. The van der Waals surface area contributed by atoms with Crippen LogP contribution in [0.25, 0.3) is 0 Å². The average molecular weight is 203 g/mol. The molecule has 0 aliphatic rings. The molecule has 0 amide bonds. The summed E-state index contributed by atoms with van der Waals surface area (Å²) in [6.07, 6.45) is 0.473. The molecule has 2 N–H and O–H groups in total. The summed E-state index contributed by atoms with van der Waals surface area (Å²) < 4.78 is 0. The van der Waals surface area contributed by atoms with Crippen LogP contribution in [-0.2, 0) is 4.79 Å². The molecule has 84 valence electrons. The van der Waals surface area contributed by atoms with Crippen LogP contribution in [0.4, 0.5) is 0 Å². The van der Waals surface area contributed by atoms with Crippen LogP contribution in [0.2, 0.25) is 0 Å². The molecule has 0 spiro atoms. The molecule has 0 aliphatic heterocycles. The largest absolute Gasteiger partial charge is 0.353 e. The lowest BCUT2D eigenvalue weighted by atomic mass is 9.90.